The topological polar surface area (TPSA) is 59.0 Å². The lowest BCUT2D eigenvalue weighted by atomic mass is 9.90. The van der Waals surface area contributed by atoms with Crippen LogP contribution in [0.3, 0.4) is 0 Å². The Kier molecular flexibility index (Phi) is 7.93. The van der Waals surface area contributed by atoms with Gasteiger partial charge in [-0.3, -0.25) is 9.48 Å². The Morgan fingerprint density at radius 2 is 2.00 bits per heavy atom. The first-order valence-electron chi connectivity index (χ1n) is 10.3. The van der Waals surface area contributed by atoms with Gasteiger partial charge in [-0.15, -0.1) is 0 Å². The molecule has 1 aliphatic rings. The third-order valence-corrected chi connectivity index (χ3v) is 5.53. The van der Waals surface area contributed by atoms with Gasteiger partial charge < -0.3 is 10.6 Å². The lowest BCUT2D eigenvalue weighted by Gasteiger charge is -2.31. The maximum atomic E-state index is 12.9. The second-order valence-corrected chi connectivity index (χ2v) is 7.64. The number of benzene rings is 1. The molecule has 1 unspecified atom stereocenters. The molecule has 1 atom stereocenters. The minimum absolute atomic E-state index is 0.00718. The minimum Gasteiger partial charge on any atom is -0.374 e. The summed E-state index contributed by atoms with van der Waals surface area (Å²) in [4.78, 5) is 12.9. The van der Waals surface area contributed by atoms with Crippen LogP contribution >= 0.6 is 11.6 Å². The molecular formula is C22H33ClN4O. The number of aromatic nitrogens is 2. The van der Waals surface area contributed by atoms with Gasteiger partial charge in [0.15, 0.2) is 0 Å². The van der Waals surface area contributed by atoms with E-state index in [1.165, 1.54) is 0 Å². The number of anilines is 1. The Hall–Kier alpha value is -2.01. The van der Waals surface area contributed by atoms with Gasteiger partial charge >= 0.3 is 0 Å². The molecule has 1 heterocycles. The van der Waals surface area contributed by atoms with E-state index in [4.69, 9.17) is 11.6 Å². The molecule has 28 heavy (non-hydrogen) atoms. The number of aryl methyl sites for hydroxylation is 2. The van der Waals surface area contributed by atoms with E-state index < -0.39 is 0 Å². The molecule has 1 aromatic heterocycles. The average Bonchev–Trinajstić information content (AvgIpc) is 3.34. The number of rotatable bonds is 6. The first kappa shape index (κ1) is 22.3. The van der Waals surface area contributed by atoms with Crippen molar-refractivity contribution in [1.29, 1.82) is 0 Å². The Morgan fingerprint density at radius 1 is 1.32 bits per heavy atom. The molecule has 1 amide bonds. The smallest absolute Gasteiger partial charge is 0.242 e. The van der Waals surface area contributed by atoms with Crippen LogP contribution < -0.4 is 10.6 Å². The molecule has 2 N–H and O–H groups in total. The van der Waals surface area contributed by atoms with Crippen LogP contribution in [0.1, 0.15) is 64.5 Å². The van der Waals surface area contributed by atoms with Gasteiger partial charge in [0.25, 0.3) is 0 Å². The Morgan fingerprint density at radius 3 is 2.57 bits per heavy atom. The molecule has 1 aliphatic carbocycles. The number of amides is 1. The van der Waals surface area contributed by atoms with Crippen molar-refractivity contribution >= 4 is 23.2 Å². The summed E-state index contributed by atoms with van der Waals surface area (Å²) < 4.78 is 1.80. The predicted octanol–water partition coefficient (Wildman–Crippen LogP) is 5.05. The number of nitrogens with zero attached hydrogens (tertiary/aromatic N) is 2. The fourth-order valence-electron chi connectivity index (χ4n) is 3.77. The quantitative estimate of drug-likeness (QED) is 0.708. The van der Waals surface area contributed by atoms with Crippen LogP contribution in [-0.2, 0) is 23.8 Å². The fourth-order valence-corrected chi connectivity index (χ4v) is 3.97. The Balaban J connectivity index is 0.00000136. The van der Waals surface area contributed by atoms with Gasteiger partial charge in [-0.25, -0.2) is 0 Å². The van der Waals surface area contributed by atoms with Crippen molar-refractivity contribution in [3.05, 3.63) is 46.7 Å². The molecule has 1 aromatic carbocycles. The van der Waals surface area contributed by atoms with Crippen molar-refractivity contribution < 1.29 is 4.79 Å². The SMILES string of the molecule is CC.CCc1cc(Cl)ccc1NC(C)C(=O)NC1(c2cnn(C)c2)CCCC1. The van der Waals surface area contributed by atoms with Crippen LogP contribution in [0.15, 0.2) is 30.6 Å². The van der Waals surface area contributed by atoms with E-state index in [2.05, 4.69) is 22.7 Å². The summed E-state index contributed by atoms with van der Waals surface area (Å²) >= 11 is 6.08. The number of hydrogen-bond donors (Lipinski definition) is 2. The van der Waals surface area contributed by atoms with Gasteiger partial charge in [-0.05, 0) is 49.9 Å². The molecule has 0 spiro atoms. The van der Waals surface area contributed by atoms with Gasteiger partial charge in [0.05, 0.1) is 11.7 Å². The third kappa shape index (κ3) is 5.07. The van der Waals surface area contributed by atoms with Crippen LogP contribution in [0.25, 0.3) is 0 Å². The van der Waals surface area contributed by atoms with Crippen LogP contribution in [0.5, 0.6) is 0 Å². The number of carbonyl (C=O) groups excluding carboxylic acids is 1. The highest BCUT2D eigenvalue weighted by molar-refractivity contribution is 6.30. The second-order valence-electron chi connectivity index (χ2n) is 7.20. The van der Waals surface area contributed by atoms with Crippen LogP contribution in [0.2, 0.25) is 5.02 Å². The first-order chi connectivity index (χ1) is 13.4. The molecule has 154 valence electrons. The highest BCUT2D eigenvalue weighted by Crippen LogP contribution is 2.38. The van der Waals surface area contributed by atoms with Crippen molar-refractivity contribution in [3.63, 3.8) is 0 Å². The van der Waals surface area contributed by atoms with Crippen LogP contribution in [0, 0.1) is 0 Å². The van der Waals surface area contributed by atoms with Crippen molar-refractivity contribution in [1.82, 2.24) is 15.1 Å². The van der Waals surface area contributed by atoms with Crippen molar-refractivity contribution in [3.8, 4) is 0 Å². The fraction of sp³-hybridized carbons (Fsp3) is 0.545. The number of hydrogen-bond acceptors (Lipinski definition) is 3. The molecule has 0 saturated heterocycles. The van der Waals surface area contributed by atoms with Crippen molar-refractivity contribution in [2.24, 2.45) is 7.05 Å². The molecule has 1 saturated carbocycles. The summed E-state index contributed by atoms with van der Waals surface area (Å²) in [7, 11) is 1.91. The molecule has 6 heteroatoms. The summed E-state index contributed by atoms with van der Waals surface area (Å²) in [5.41, 5.74) is 2.87. The highest BCUT2D eigenvalue weighted by Gasteiger charge is 2.38. The highest BCUT2D eigenvalue weighted by atomic mass is 35.5. The van der Waals surface area contributed by atoms with Gasteiger partial charge in [-0.2, -0.15) is 5.10 Å². The van der Waals surface area contributed by atoms with E-state index in [1.54, 1.807) is 4.68 Å². The van der Waals surface area contributed by atoms with Gasteiger partial charge in [-0.1, -0.05) is 45.2 Å². The van der Waals surface area contributed by atoms with E-state index in [1.807, 2.05) is 58.4 Å². The van der Waals surface area contributed by atoms with E-state index >= 15 is 0 Å². The molecule has 3 rings (SSSR count). The zero-order chi connectivity index (χ0) is 20.7. The van der Waals surface area contributed by atoms with E-state index in [0.717, 1.165) is 48.9 Å². The maximum Gasteiger partial charge on any atom is 0.242 e. The lowest BCUT2D eigenvalue weighted by Crippen LogP contribution is -2.49. The van der Waals surface area contributed by atoms with Crippen LogP contribution in [0.4, 0.5) is 5.69 Å². The number of carbonyl (C=O) groups is 1. The zero-order valence-corrected chi connectivity index (χ0v) is 18.4. The molecule has 0 aliphatic heterocycles. The standard InChI is InChI=1S/C20H27ClN4O.C2H6/c1-4-15-11-17(21)7-8-18(15)23-14(2)19(26)24-20(9-5-6-10-20)16-12-22-25(3)13-16;1-2/h7-8,11-14,23H,4-6,9-10H2,1-3H3,(H,24,26);1-2H3. The average molecular weight is 405 g/mol. The molecule has 0 radical (unpaired) electrons. The monoisotopic (exact) mass is 404 g/mol. The number of nitrogens with one attached hydrogen (secondary N) is 2. The summed E-state index contributed by atoms with van der Waals surface area (Å²) in [6.07, 6.45) is 8.89. The maximum absolute atomic E-state index is 12.9. The molecule has 1 fully saturated rings. The van der Waals surface area contributed by atoms with Crippen molar-refractivity contribution in [2.75, 3.05) is 5.32 Å². The second kappa shape index (κ2) is 9.97. The molecule has 0 bridgehead atoms. The van der Waals surface area contributed by atoms with E-state index in [0.29, 0.717) is 5.02 Å². The molecule has 5 nitrogen and oxygen atoms in total. The summed E-state index contributed by atoms with van der Waals surface area (Å²) in [5, 5.41) is 11.7. The van der Waals surface area contributed by atoms with E-state index in [-0.39, 0.29) is 17.5 Å². The third-order valence-electron chi connectivity index (χ3n) is 5.29. The summed E-state index contributed by atoms with van der Waals surface area (Å²) in [5.74, 6) is 0.00718. The summed E-state index contributed by atoms with van der Waals surface area (Å²) in [6, 6.07) is 5.40. The normalized spacial score (nSPS) is 16.1. The molecule has 2 aromatic rings. The Labute approximate surface area is 173 Å². The lowest BCUT2D eigenvalue weighted by molar-refractivity contribution is -0.123. The first-order valence-corrected chi connectivity index (χ1v) is 10.7. The zero-order valence-electron chi connectivity index (χ0n) is 17.7. The minimum atomic E-state index is -0.337. The summed E-state index contributed by atoms with van der Waals surface area (Å²) in [6.45, 7) is 7.98. The van der Waals surface area contributed by atoms with Crippen LogP contribution in [-0.4, -0.2) is 21.7 Å². The Bertz CT molecular complexity index is 781. The molecular weight excluding hydrogens is 372 g/mol. The van der Waals surface area contributed by atoms with E-state index in [9.17, 15) is 4.79 Å². The predicted molar refractivity (Wildman–Crippen MR) is 117 cm³/mol. The van der Waals surface area contributed by atoms with Gasteiger partial charge in [0.1, 0.15) is 6.04 Å². The van der Waals surface area contributed by atoms with Gasteiger partial charge in [0, 0.05) is 29.5 Å². The van der Waals surface area contributed by atoms with Crippen molar-refractivity contribution in [2.45, 2.75) is 71.4 Å². The largest absolute Gasteiger partial charge is 0.374 e. The number of halogens is 1. The van der Waals surface area contributed by atoms with Gasteiger partial charge in [0.2, 0.25) is 5.91 Å².